The number of likely N-dealkylation sites (N-methyl/N-ethyl adjacent to an activating group) is 1. The minimum absolute atomic E-state index is 0.0147. The lowest BCUT2D eigenvalue weighted by atomic mass is 10.1. The summed E-state index contributed by atoms with van der Waals surface area (Å²) >= 11 is 0. The molecule has 8 rings (SSSR count). The van der Waals surface area contributed by atoms with Crippen molar-refractivity contribution in [3.05, 3.63) is 71.7 Å². The van der Waals surface area contributed by atoms with Gasteiger partial charge < -0.3 is 14.1 Å². The van der Waals surface area contributed by atoms with Crippen molar-refractivity contribution in [2.75, 3.05) is 23.8 Å². The van der Waals surface area contributed by atoms with Crippen molar-refractivity contribution in [1.82, 2.24) is 34.2 Å². The van der Waals surface area contributed by atoms with E-state index in [2.05, 4.69) is 25.3 Å². The van der Waals surface area contributed by atoms with Crippen LogP contribution in [0.4, 0.5) is 16.3 Å². The van der Waals surface area contributed by atoms with Crippen LogP contribution in [0.5, 0.6) is 0 Å². The molecule has 6 heterocycles. The number of amides is 4. The highest BCUT2D eigenvalue weighted by atomic mass is 16.3. The number of imidazole rings is 1. The van der Waals surface area contributed by atoms with Crippen LogP contribution in [0, 0.1) is 12.8 Å². The monoisotopic (exact) mass is 577 g/mol. The lowest BCUT2D eigenvalue weighted by molar-refractivity contribution is -0.124. The maximum absolute atomic E-state index is 13.0. The van der Waals surface area contributed by atoms with Crippen molar-refractivity contribution in [1.29, 1.82) is 0 Å². The number of rotatable bonds is 7. The fourth-order valence-corrected chi connectivity index (χ4v) is 5.71. The molecule has 2 aliphatic carbocycles. The van der Waals surface area contributed by atoms with Gasteiger partial charge in [-0.1, -0.05) is 0 Å². The van der Waals surface area contributed by atoms with Crippen molar-refractivity contribution in [2.45, 2.75) is 44.4 Å². The molecule has 2 saturated carbocycles. The molecule has 0 spiro atoms. The van der Waals surface area contributed by atoms with E-state index >= 15 is 0 Å². The lowest BCUT2D eigenvalue weighted by Gasteiger charge is -2.17. The molecule has 3 aliphatic rings. The fraction of sp³-hybridized carbons (Fsp3) is 0.333. The quantitative estimate of drug-likeness (QED) is 0.286. The van der Waals surface area contributed by atoms with Crippen LogP contribution < -0.4 is 10.2 Å². The van der Waals surface area contributed by atoms with Crippen molar-refractivity contribution >= 4 is 46.1 Å². The van der Waals surface area contributed by atoms with Crippen molar-refractivity contribution < 1.29 is 18.8 Å². The van der Waals surface area contributed by atoms with E-state index < -0.39 is 0 Å². The summed E-state index contributed by atoms with van der Waals surface area (Å²) in [5, 5.41) is 2.90. The number of nitrogens with zero attached hydrogens (tertiary/aromatic N) is 8. The molecular weight excluding hydrogens is 550 g/mol. The van der Waals surface area contributed by atoms with E-state index in [9.17, 15) is 14.4 Å². The number of carbonyl (C=O) groups is 3. The Kier molecular flexibility index (Phi) is 5.58. The Morgan fingerprint density at radius 1 is 1.09 bits per heavy atom. The molecule has 1 aliphatic heterocycles. The van der Waals surface area contributed by atoms with Gasteiger partial charge in [-0.3, -0.25) is 19.4 Å². The minimum atomic E-state index is -0.366. The number of aromatic nitrogens is 6. The van der Waals surface area contributed by atoms with E-state index in [0.717, 1.165) is 29.0 Å². The first-order valence-electron chi connectivity index (χ1n) is 14.3. The summed E-state index contributed by atoms with van der Waals surface area (Å²) in [6.07, 6.45) is 10.4. The van der Waals surface area contributed by atoms with Gasteiger partial charge in [-0.05, 0) is 55.9 Å². The Labute approximate surface area is 245 Å². The number of pyridine rings is 2. The summed E-state index contributed by atoms with van der Waals surface area (Å²) in [6.45, 7) is 1.88. The number of urea groups is 1. The molecule has 2 atom stereocenters. The molecule has 4 amide bonds. The Hall–Kier alpha value is -5.20. The second kappa shape index (κ2) is 9.41. The van der Waals surface area contributed by atoms with Gasteiger partial charge in [0.1, 0.15) is 17.9 Å². The molecule has 1 N–H and O–H groups in total. The minimum Gasteiger partial charge on any atom is -0.436 e. The first-order chi connectivity index (χ1) is 20.8. The Morgan fingerprint density at radius 2 is 1.93 bits per heavy atom. The molecule has 5 aromatic heterocycles. The Bertz CT molecular complexity index is 1980. The van der Waals surface area contributed by atoms with E-state index in [0.29, 0.717) is 58.0 Å². The average Bonchev–Trinajstić information content (AvgIpc) is 3.90. The zero-order chi connectivity index (χ0) is 29.4. The highest BCUT2D eigenvalue weighted by Gasteiger charge is 2.46. The molecule has 5 aromatic rings. The van der Waals surface area contributed by atoms with Crippen LogP contribution in [0.2, 0.25) is 0 Å². The highest BCUT2D eigenvalue weighted by Crippen LogP contribution is 2.46. The van der Waals surface area contributed by atoms with E-state index in [1.807, 2.05) is 35.9 Å². The van der Waals surface area contributed by atoms with Crippen LogP contribution in [0.1, 0.15) is 59.8 Å². The third-order valence-electron chi connectivity index (χ3n) is 8.32. The maximum atomic E-state index is 13.0. The zero-order valence-electron chi connectivity index (χ0n) is 23.5. The normalized spacial score (nSPS) is 20.0. The summed E-state index contributed by atoms with van der Waals surface area (Å²) in [4.78, 5) is 63.3. The van der Waals surface area contributed by atoms with Crippen LogP contribution in [0.3, 0.4) is 0 Å². The number of hydrogen-bond donors (Lipinski definition) is 1. The molecule has 13 heteroatoms. The van der Waals surface area contributed by atoms with Crippen LogP contribution in [0.15, 0.2) is 47.4 Å². The van der Waals surface area contributed by atoms with E-state index in [1.54, 1.807) is 18.5 Å². The molecule has 1 saturated heterocycles. The van der Waals surface area contributed by atoms with E-state index in [4.69, 9.17) is 9.40 Å². The van der Waals surface area contributed by atoms with Gasteiger partial charge in [-0.2, -0.15) is 0 Å². The predicted octanol–water partition coefficient (Wildman–Crippen LogP) is 3.58. The van der Waals surface area contributed by atoms with Crippen molar-refractivity contribution in [3.8, 4) is 0 Å². The maximum Gasteiger partial charge on any atom is 0.331 e. The van der Waals surface area contributed by atoms with Crippen LogP contribution in [-0.2, 0) is 16.0 Å². The van der Waals surface area contributed by atoms with Crippen LogP contribution >= 0.6 is 0 Å². The summed E-state index contributed by atoms with van der Waals surface area (Å²) < 4.78 is 8.01. The molecule has 0 aromatic carbocycles. The second-order valence-corrected chi connectivity index (χ2v) is 11.5. The third kappa shape index (κ3) is 4.47. The topological polar surface area (TPSA) is 152 Å². The van der Waals surface area contributed by atoms with Gasteiger partial charge in [0.15, 0.2) is 17.0 Å². The molecule has 43 heavy (non-hydrogen) atoms. The number of carbonyl (C=O) groups excluding carboxylic acids is 3. The predicted molar refractivity (Wildman–Crippen MR) is 154 cm³/mol. The van der Waals surface area contributed by atoms with Gasteiger partial charge in [0.25, 0.3) is 0 Å². The third-order valence-corrected chi connectivity index (χ3v) is 8.32. The second-order valence-electron chi connectivity index (χ2n) is 11.5. The standard InChI is InChI=1S/C30H27N9O4/c1-15-5-7-31-26(33-15)19-11-20(19)29(41)36-27-25-21(6-8-32-27)35-23(43-25)10-18-13-38-12-17(16-3-4-16)9-22(28(38)34-18)39-14-24(40)37(2)30(39)42/h5-9,12-13,16,19-20H,3-4,10-11,14H2,1-2H3,(H,32,36,41)/t19-,20-/m0/s1. The number of fused-ring (bicyclic) bond motifs is 2. The summed E-state index contributed by atoms with van der Waals surface area (Å²) in [5.41, 5.74) is 4.82. The van der Waals surface area contributed by atoms with Gasteiger partial charge in [-0.25, -0.2) is 29.7 Å². The first-order valence-corrected chi connectivity index (χ1v) is 14.3. The van der Waals surface area contributed by atoms with Crippen LogP contribution in [0.25, 0.3) is 16.7 Å². The fourth-order valence-electron chi connectivity index (χ4n) is 5.71. The Morgan fingerprint density at radius 3 is 2.70 bits per heavy atom. The summed E-state index contributed by atoms with van der Waals surface area (Å²) in [7, 11) is 1.49. The molecule has 0 unspecified atom stereocenters. The number of nitrogens with one attached hydrogen (secondary N) is 1. The van der Waals surface area contributed by atoms with Gasteiger partial charge in [0.05, 0.1) is 17.8 Å². The number of imide groups is 1. The molecule has 0 radical (unpaired) electrons. The lowest BCUT2D eigenvalue weighted by Crippen LogP contribution is -2.30. The largest absolute Gasteiger partial charge is 0.436 e. The zero-order valence-corrected chi connectivity index (χ0v) is 23.5. The van der Waals surface area contributed by atoms with Crippen LogP contribution in [-0.4, -0.2) is 65.7 Å². The Balaban J connectivity index is 1.06. The van der Waals surface area contributed by atoms with Gasteiger partial charge in [0, 0.05) is 49.4 Å². The average molecular weight is 578 g/mol. The molecule has 13 nitrogen and oxygen atoms in total. The number of hydrogen-bond acceptors (Lipinski definition) is 9. The van der Waals surface area contributed by atoms with E-state index in [-0.39, 0.29) is 42.6 Å². The number of aryl methyl sites for hydroxylation is 1. The highest BCUT2D eigenvalue weighted by molar-refractivity contribution is 6.13. The number of anilines is 2. The van der Waals surface area contributed by atoms with E-state index in [1.165, 1.54) is 11.9 Å². The number of oxazole rings is 1. The van der Waals surface area contributed by atoms with Crippen molar-refractivity contribution in [2.24, 2.45) is 5.92 Å². The first kappa shape index (κ1) is 25.5. The van der Waals surface area contributed by atoms with Crippen molar-refractivity contribution in [3.63, 3.8) is 0 Å². The van der Waals surface area contributed by atoms with Gasteiger partial charge in [-0.15, -0.1) is 0 Å². The molecule has 3 fully saturated rings. The molecule has 0 bridgehead atoms. The molecular formula is C30H27N9O4. The summed E-state index contributed by atoms with van der Waals surface area (Å²) in [6, 6.07) is 5.17. The van der Waals surface area contributed by atoms with Gasteiger partial charge >= 0.3 is 6.03 Å². The SMILES string of the molecule is Cc1ccnc([C@H]2C[C@@H]2C(=O)Nc2nccc3nc(Cc4cn5cc(C6CC6)cc(N6CC(=O)N(C)C6=O)c5n4)oc23)n1. The summed E-state index contributed by atoms with van der Waals surface area (Å²) in [5.74, 6) is 1.18. The van der Waals surface area contributed by atoms with Gasteiger partial charge in [0.2, 0.25) is 17.7 Å². The smallest absolute Gasteiger partial charge is 0.331 e. The molecule has 216 valence electrons.